The lowest BCUT2D eigenvalue weighted by Crippen LogP contribution is -2.47. The average molecular weight is 225 g/mol. The van der Waals surface area contributed by atoms with Gasteiger partial charge in [-0.1, -0.05) is 34.1 Å². The highest BCUT2D eigenvalue weighted by atomic mass is 16.2. The number of piperidine rings is 1. The first-order valence-corrected chi connectivity index (χ1v) is 6.29. The number of imide groups is 1. The molecule has 1 heterocycles. The fraction of sp³-hybridized carbons (Fsp3) is 0.846. The van der Waals surface area contributed by atoms with Crippen molar-refractivity contribution < 1.29 is 9.59 Å². The minimum atomic E-state index is -0.102. The summed E-state index contributed by atoms with van der Waals surface area (Å²) in [5, 5.41) is 2.47. The first-order valence-electron chi connectivity index (χ1n) is 6.29. The van der Waals surface area contributed by atoms with Gasteiger partial charge in [-0.25, -0.2) is 0 Å². The molecule has 16 heavy (non-hydrogen) atoms. The molecule has 1 fully saturated rings. The van der Waals surface area contributed by atoms with E-state index >= 15 is 0 Å². The minimum absolute atomic E-state index is 0.0210. The zero-order valence-electron chi connectivity index (χ0n) is 10.7. The van der Waals surface area contributed by atoms with E-state index in [0.717, 1.165) is 12.8 Å². The van der Waals surface area contributed by atoms with Crippen LogP contribution in [0.5, 0.6) is 0 Å². The zero-order chi connectivity index (χ0) is 12.3. The number of rotatable bonds is 4. The Kier molecular flexibility index (Phi) is 4.51. The number of nitrogens with one attached hydrogen (secondary N) is 1. The van der Waals surface area contributed by atoms with E-state index in [-0.39, 0.29) is 23.7 Å². The predicted octanol–water partition coefficient (Wildman–Crippen LogP) is 2.36. The number of amides is 2. The molecule has 0 aromatic heterocycles. The summed E-state index contributed by atoms with van der Waals surface area (Å²) in [4.78, 5) is 23.2. The van der Waals surface area contributed by atoms with Crippen LogP contribution >= 0.6 is 0 Å². The molecule has 0 radical (unpaired) electrons. The number of carbonyl (C=O) groups excluding carboxylic acids is 2. The lowest BCUT2D eigenvalue weighted by Gasteiger charge is -2.34. The van der Waals surface area contributed by atoms with E-state index in [1.807, 2.05) is 0 Å². The Hall–Kier alpha value is -0.860. The highest BCUT2D eigenvalue weighted by Crippen LogP contribution is 2.33. The monoisotopic (exact) mass is 225 g/mol. The minimum Gasteiger partial charge on any atom is -0.296 e. The van der Waals surface area contributed by atoms with E-state index in [2.05, 4.69) is 33.0 Å². The molecule has 92 valence electrons. The summed E-state index contributed by atoms with van der Waals surface area (Å²) < 4.78 is 0. The molecular formula is C13H23NO2. The molecule has 3 heteroatoms. The second-order valence-electron chi connectivity index (χ2n) is 5.40. The summed E-state index contributed by atoms with van der Waals surface area (Å²) in [7, 11) is 0. The molecule has 0 aliphatic carbocycles. The third-order valence-corrected chi connectivity index (χ3v) is 3.64. The Bertz CT molecular complexity index is 273. The van der Waals surface area contributed by atoms with Gasteiger partial charge >= 0.3 is 0 Å². The van der Waals surface area contributed by atoms with Crippen LogP contribution in [0.4, 0.5) is 0 Å². The second kappa shape index (κ2) is 5.46. The smallest absolute Gasteiger partial charge is 0.229 e. The van der Waals surface area contributed by atoms with Gasteiger partial charge in [-0.2, -0.15) is 0 Å². The van der Waals surface area contributed by atoms with Crippen molar-refractivity contribution in [3.63, 3.8) is 0 Å². The van der Waals surface area contributed by atoms with Crippen LogP contribution in [0.3, 0.4) is 0 Å². The Morgan fingerprint density at radius 3 is 2.44 bits per heavy atom. The summed E-state index contributed by atoms with van der Waals surface area (Å²) in [6, 6.07) is 0. The Morgan fingerprint density at radius 1 is 1.31 bits per heavy atom. The van der Waals surface area contributed by atoms with Crippen LogP contribution in [-0.2, 0) is 9.59 Å². The summed E-state index contributed by atoms with van der Waals surface area (Å²) in [6.07, 6.45) is 2.42. The van der Waals surface area contributed by atoms with Crippen LogP contribution < -0.4 is 5.32 Å². The van der Waals surface area contributed by atoms with E-state index in [4.69, 9.17) is 0 Å². The highest BCUT2D eigenvalue weighted by Gasteiger charge is 2.38. The van der Waals surface area contributed by atoms with Gasteiger partial charge in [0.05, 0.1) is 0 Å². The Balaban J connectivity index is 2.80. The number of hydrogen-bond acceptors (Lipinski definition) is 2. The van der Waals surface area contributed by atoms with Gasteiger partial charge < -0.3 is 0 Å². The first kappa shape index (κ1) is 13.2. The second-order valence-corrected chi connectivity index (χ2v) is 5.40. The normalized spacial score (nSPS) is 28.1. The van der Waals surface area contributed by atoms with Gasteiger partial charge in [0.25, 0.3) is 0 Å². The van der Waals surface area contributed by atoms with E-state index in [0.29, 0.717) is 18.3 Å². The Labute approximate surface area is 98.0 Å². The van der Waals surface area contributed by atoms with Crippen molar-refractivity contribution in [1.29, 1.82) is 0 Å². The third-order valence-electron chi connectivity index (χ3n) is 3.64. The van der Waals surface area contributed by atoms with Crippen molar-refractivity contribution in [1.82, 2.24) is 5.32 Å². The molecule has 0 spiro atoms. The van der Waals surface area contributed by atoms with Crippen LogP contribution in [0, 0.1) is 23.7 Å². The SMILES string of the molecule is CCC(C)C1CC(=O)NC(=O)C1CC(C)C. The van der Waals surface area contributed by atoms with E-state index < -0.39 is 0 Å². The fourth-order valence-electron chi connectivity index (χ4n) is 2.52. The lowest BCUT2D eigenvalue weighted by atomic mass is 9.73. The van der Waals surface area contributed by atoms with Crippen LogP contribution in [0.2, 0.25) is 0 Å². The van der Waals surface area contributed by atoms with Gasteiger partial charge in [0.1, 0.15) is 0 Å². The third kappa shape index (κ3) is 3.06. The van der Waals surface area contributed by atoms with Crippen LogP contribution in [0.25, 0.3) is 0 Å². The summed E-state index contributed by atoms with van der Waals surface area (Å²) in [5.74, 6) is 1.03. The van der Waals surface area contributed by atoms with E-state index in [9.17, 15) is 9.59 Å². The summed E-state index contributed by atoms with van der Waals surface area (Å²) in [6.45, 7) is 8.51. The molecule has 0 aromatic carbocycles. The zero-order valence-corrected chi connectivity index (χ0v) is 10.7. The predicted molar refractivity (Wildman–Crippen MR) is 63.7 cm³/mol. The van der Waals surface area contributed by atoms with E-state index in [1.54, 1.807) is 0 Å². The molecule has 1 aliphatic rings. The van der Waals surface area contributed by atoms with Gasteiger partial charge in [-0.05, 0) is 24.2 Å². The van der Waals surface area contributed by atoms with Gasteiger partial charge in [-0.15, -0.1) is 0 Å². The largest absolute Gasteiger partial charge is 0.296 e. The average Bonchev–Trinajstić information content (AvgIpc) is 2.20. The lowest BCUT2D eigenvalue weighted by molar-refractivity contribution is -0.140. The molecule has 3 nitrogen and oxygen atoms in total. The maximum absolute atomic E-state index is 11.8. The molecule has 0 aromatic rings. The molecule has 2 amide bonds. The number of carbonyl (C=O) groups is 2. The number of hydrogen-bond donors (Lipinski definition) is 1. The van der Waals surface area contributed by atoms with Gasteiger partial charge in [-0.3, -0.25) is 14.9 Å². The first-order chi connectivity index (χ1) is 7.45. The molecular weight excluding hydrogens is 202 g/mol. The van der Waals surface area contributed by atoms with E-state index in [1.165, 1.54) is 0 Å². The molecule has 1 saturated heterocycles. The molecule has 0 bridgehead atoms. The standard InChI is InChI=1S/C13H23NO2/c1-5-9(4)10-7-12(15)14-13(16)11(10)6-8(2)3/h8-11H,5-7H2,1-4H3,(H,14,15,16). The van der Waals surface area contributed by atoms with Crippen LogP contribution in [0.1, 0.15) is 47.0 Å². The summed E-state index contributed by atoms with van der Waals surface area (Å²) in [5.41, 5.74) is 0. The van der Waals surface area contributed by atoms with Gasteiger partial charge in [0, 0.05) is 12.3 Å². The molecule has 3 atom stereocenters. The van der Waals surface area contributed by atoms with Gasteiger partial charge in [0.15, 0.2) is 0 Å². The maximum atomic E-state index is 11.8. The van der Waals surface area contributed by atoms with Crippen molar-refractivity contribution in [2.45, 2.75) is 47.0 Å². The molecule has 1 N–H and O–H groups in total. The van der Waals surface area contributed by atoms with Crippen LogP contribution in [-0.4, -0.2) is 11.8 Å². The topological polar surface area (TPSA) is 46.2 Å². The van der Waals surface area contributed by atoms with Gasteiger partial charge in [0.2, 0.25) is 11.8 Å². The van der Waals surface area contributed by atoms with Crippen molar-refractivity contribution >= 4 is 11.8 Å². The molecule has 3 unspecified atom stereocenters. The highest BCUT2D eigenvalue weighted by molar-refractivity contribution is 5.99. The van der Waals surface area contributed by atoms with Crippen molar-refractivity contribution in [2.24, 2.45) is 23.7 Å². The molecule has 0 saturated carbocycles. The van der Waals surface area contributed by atoms with Crippen molar-refractivity contribution in [3.05, 3.63) is 0 Å². The maximum Gasteiger partial charge on any atom is 0.229 e. The molecule has 1 rings (SSSR count). The Morgan fingerprint density at radius 2 is 1.94 bits per heavy atom. The van der Waals surface area contributed by atoms with Crippen molar-refractivity contribution in [3.8, 4) is 0 Å². The summed E-state index contributed by atoms with van der Waals surface area (Å²) >= 11 is 0. The fourth-order valence-corrected chi connectivity index (χ4v) is 2.52. The van der Waals surface area contributed by atoms with Crippen molar-refractivity contribution in [2.75, 3.05) is 0 Å². The van der Waals surface area contributed by atoms with Crippen LogP contribution in [0.15, 0.2) is 0 Å². The molecule has 1 aliphatic heterocycles. The quantitative estimate of drug-likeness (QED) is 0.746.